The third kappa shape index (κ3) is 2.64. The molecule has 3 rings (SSSR count). The number of nitrogens with one attached hydrogen (secondary N) is 1. The van der Waals surface area contributed by atoms with Crippen molar-refractivity contribution in [1.29, 1.82) is 0 Å². The van der Waals surface area contributed by atoms with E-state index in [0.29, 0.717) is 24.0 Å². The monoisotopic (exact) mass is 272 g/mol. The van der Waals surface area contributed by atoms with Crippen molar-refractivity contribution in [1.82, 2.24) is 10.2 Å². The maximum absolute atomic E-state index is 3.66. The quantitative estimate of drug-likeness (QED) is 0.888. The number of aryl methyl sites for hydroxylation is 1. The van der Waals surface area contributed by atoms with Crippen LogP contribution in [0.3, 0.4) is 0 Å². The van der Waals surface area contributed by atoms with Crippen molar-refractivity contribution in [2.45, 2.75) is 58.2 Å². The van der Waals surface area contributed by atoms with Crippen molar-refractivity contribution in [3.8, 4) is 0 Å². The van der Waals surface area contributed by atoms with Gasteiger partial charge in [-0.05, 0) is 43.2 Å². The molecule has 0 spiro atoms. The van der Waals surface area contributed by atoms with Crippen LogP contribution in [0.1, 0.15) is 50.8 Å². The van der Waals surface area contributed by atoms with Crippen molar-refractivity contribution in [2.24, 2.45) is 5.92 Å². The largest absolute Gasteiger partial charge is 0.311 e. The molecule has 1 aromatic rings. The summed E-state index contributed by atoms with van der Waals surface area (Å²) in [7, 11) is 0. The Kier molecular flexibility index (Phi) is 4.13. The summed E-state index contributed by atoms with van der Waals surface area (Å²) in [5, 5.41) is 3.66. The number of benzene rings is 1. The first-order valence-electron chi connectivity index (χ1n) is 8.23. The van der Waals surface area contributed by atoms with Gasteiger partial charge in [0.25, 0.3) is 0 Å². The number of rotatable bonds is 2. The average molecular weight is 272 g/mol. The molecule has 1 heterocycles. The van der Waals surface area contributed by atoms with Gasteiger partial charge in [-0.2, -0.15) is 0 Å². The van der Waals surface area contributed by atoms with Crippen LogP contribution in [0.5, 0.6) is 0 Å². The first kappa shape index (κ1) is 14.1. The molecular formula is C18H28N2. The van der Waals surface area contributed by atoms with E-state index in [1.165, 1.54) is 25.8 Å². The molecule has 1 aliphatic heterocycles. The average Bonchev–Trinajstić information content (AvgIpc) is 2.46. The summed E-state index contributed by atoms with van der Waals surface area (Å²) in [6.07, 6.45) is 3.93. The molecule has 1 N–H and O–H groups in total. The van der Waals surface area contributed by atoms with Gasteiger partial charge in [-0.15, -0.1) is 0 Å². The molecule has 3 unspecified atom stereocenters. The second-order valence-corrected chi connectivity index (χ2v) is 6.92. The molecule has 1 aliphatic carbocycles. The van der Waals surface area contributed by atoms with Crippen molar-refractivity contribution in [2.75, 3.05) is 13.1 Å². The molecule has 0 amide bonds. The van der Waals surface area contributed by atoms with Crippen LogP contribution in [-0.2, 0) is 6.42 Å². The maximum Gasteiger partial charge on any atom is 0.0355 e. The van der Waals surface area contributed by atoms with Crippen LogP contribution in [0.4, 0.5) is 0 Å². The second kappa shape index (κ2) is 5.87. The topological polar surface area (TPSA) is 15.3 Å². The zero-order valence-corrected chi connectivity index (χ0v) is 13.1. The van der Waals surface area contributed by atoms with Crippen LogP contribution < -0.4 is 5.32 Å². The molecule has 1 aromatic carbocycles. The van der Waals surface area contributed by atoms with Crippen molar-refractivity contribution in [3.05, 3.63) is 35.4 Å². The van der Waals surface area contributed by atoms with Gasteiger partial charge in [-0.3, -0.25) is 4.90 Å². The summed E-state index contributed by atoms with van der Waals surface area (Å²) in [6, 6.07) is 11.0. The molecule has 2 aliphatic rings. The molecule has 110 valence electrons. The van der Waals surface area contributed by atoms with E-state index in [2.05, 4.69) is 55.3 Å². The standard InChI is InChI=1S/C18H28N2/c1-13(2)18-11-19-14(3)12-20(18)17-10-6-8-15-7-4-5-9-16(15)17/h4-5,7,9,13-14,17-19H,6,8,10-12H2,1-3H3. The summed E-state index contributed by atoms with van der Waals surface area (Å²) in [5.74, 6) is 0.712. The summed E-state index contributed by atoms with van der Waals surface area (Å²) in [4.78, 5) is 2.80. The predicted molar refractivity (Wildman–Crippen MR) is 84.9 cm³/mol. The number of nitrogens with zero attached hydrogens (tertiary/aromatic N) is 1. The van der Waals surface area contributed by atoms with Crippen molar-refractivity contribution < 1.29 is 0 Å². The van der Waals surface area contributed by atoms with Crippen LogP contribution in [0, 0.1) is 5.92 Å². The predicted octanol–water partition coefficient (Wildman–Crippen LogP) is 3.38. The minimum absolute atomic E-state index is 0.610. The third-order valence-corrected chi connectivity index (χ3v) is 5.09. The first-order valence-corrected chi connectivity index (χ1v) is 8.23. The zero-order chi connectivity index (χ0) is 14.1. The highest BCUT2D eigenvalue weighted by molar-refractivity contribution is 5.32. The lowest BCUT2D eigenvalue weighted by Crippen LogP contribution is -2.58. The molecular weight excluding hydrogens is 244 g/mol. The summed E-state index contributed by atoms with van der Waals surface area (Å²) < 4.78 is 0. The minimum Gasteiger partial charge on any atom is -0.311 e. The van der Waals surface area contributed by atoms with Gasteiger partial charge in [-0.1, -0.05) is 38.1 Å². The summed E-state index contributed by atoms with van der Waals surface area (Å²) in [5.41, 5.74) is 3.18. The van der Waals surface area contributed by atoms with Crippen LogP contribution >= 0.6 is 0 Å². The van der Waals surface area contributed by atoms with Crippen LogP contribution in [0.15, 0.2) is 24.3 Å². The molecule has 20 heavy (non-hydrogen) atoms. The molecule has 1 fully saturated rings. The van der Waals surface area contributed by atoms with Gasteiger partial charge < -0.3 is 5.32 Å². The van der Waals surface area contributed by atoms with Gasteiger partial charge in [-0.25, -0.2) is 0 Å². The molecule has 0 radical (unpaired) electrons. The summed E-state index contributed by atoms with van der Waals surface area (Å²) in [6.45, 7) is 9.37. The highest BCUT2D eigenvalue weighted by Crippen LogP contribution is 2.37. The van der Waals surface area contributed by atoms with Crippen molar-refractivity contribution >= 4 is 0 Å². The van der Waals surface area contributed by atoms with E-state index in [-0.39, 0.29) is 0 Å². The van der Waals surface area contributed by atoms with E-state index in [9.17, 15) is 0 Å². The van der Waals surface area contributed by atoms with Crippen LogP contribution in [0.25, 0.3) is 0 Å². The normalized spacial score (nSPS) is 31.3. The second-order valence-electron chi connectivity index (χ2n) is 6.92. The van der Waals surface area contributed by atoms with Crippen LogP contribution in [0.2, 0.25) is 0 Å². The van der Waals surface area contributed by atoms with Gasteiger partial charge in [0.1, 0.15) is 0 Å². The fourth-order valence-corrected chi connectivity index (χ4v) is 4.01. The Balaban J connectivity index is 1.90. The van der Waals surface area contributed by atoms with E-state index >= 15 is 0 Å². The smallest absolute Gasteiger partial charge is 0.0355 e. The van der Waals surface area contributed by atoms with E-state index in [1.807, 2.05) is 0 Å². The van der Waals surface area contributed by atoms with E-state index in [4.69, 9.17) is 0 Å². The van der Waals surface area contributed by atoms with Gasteiger partial charge in [0.2, 0.25) is 0 Å². The van der Waals surface area contributed by atoms with Gasteiger partial charge in [0.05, 0.1) is 0 Å². The molecule has 2 nitrogen and oxygen atoms in total. The lowest BCUT2D eigenvalue weighted by atomic mass is 9.84. The van der Waals surface area contributed by atoms with E-state index < -0.39 is 0 Å². The highest BCUT2D eigenvalue weighted by Gasteiger charge is 2.35. The van der Waals surface area contributed by atoms with Gasteiger partial charge in [0.15, 0.2) is 0 Å². The minimum atomic E-state index is 0.610. The Morgan fingerprint density at radius 1 is 1.25 bits per heavy atom. The summed E-state index contributed by atoms with van der Waals surface area (Å²) >= 11 is 0. The SMILES string of the molecule is CC1CN(C2CCCc3ccccc32)C(C(C)C)CN1. The van der Waals surface area contributed by atoms with E-state index in [1.54, 1.807) is 11.1 Å². The molecule has 1 saturated heterocycles. The maximum atomic E-state index is 3.66. The van der Waals surface area contributed by atoms with E-state index in [0.717, 1.165) is 6.54 Å². The van der Waals surface area contributed by atoms with Crippen LogP contribution in [-0.4, -0.2) is 30.1 Å². The Morgan fingerprint density at radius 2 is 2.05 bits per heavy atom. The number of hydrogen-bond acceptors (Lipinski definition) is 2. The molecule has 2 heteroatoms. The van der Waals surface area contributed by atoms with Crippen molar-refractivity contribution in [3.63, 3.8) is 0 Å². The Labute approximate surface area is 123 Å². The van der Waals surface area contributed by atoms with Gasteiger partial charge >= 0.3 is 0 Å². The molecule has 0 bridgehead atoms. The van der Waals surface area contributed by atoms with Gasteiger partial charge in [0, 0.05) is 31.2 Å². The fraction of sp³-hybridized carbons (Fsp3) is 0.667. The number of hydrogen-bond donors (Lipinski definition) is 1. The number of piperazine rings is 1. The number of fused-ring (bicyclic) bond motifs is 1. The molecule has 0 aromatic heterocycles. The Hall–Kier alpha value is -0.860. The lowest BCUT2D eigenvalue weighted by molar-refractivity contribution is 0.0506. The zero-order valence-electron chi connectivity index (χ0n) is 13.1. The highest BCUT2D eigenvalue weighted by atomic mass is 15.3. The Bertz CT molecular complexity index is 454. The molecule has 0 saturated carbocycles. The first-order chi connectivity index (χ1) is 9.66. The Morgan fingerprint density at radius 3 is 2.85 bits per heavy atom. The lowest BCUT2D eigenvalue weighted by Gasteiger charge is -2.47. The molecule has 3 atom stereocenters. The third-order valence-electron chi connectivity index (χ3n) is 5.09. The fourth-order valence-electron chi connectivity index (χ4n) is 4.01.